The Hall–Kier alpha value is -1.02. The van der Waals surface area contributed by atoms with E-state index in [-0.39, 0.29) is 0 Å². The number of rotatable bonds is 5. The van der Waals surface area contributed by atoms with Crippen molar-refractivity contribution in [3.05, 3.63) is 28.8 Å². The van der Waals surface area contributed by atoms with Crippen molar-refractivity contribution in [3.63, 3.8) is 0 Å². The number of hydrogen-bond acceptors (Lipinski definition) is 2. The molecule has 1 unspecified atom stereocenters. The molecule has 0 saturated heterocycles. The van der Waals surface area contributed by atoms with E-state index < -0.39 is 0 Å². The fourth-order valence-electron chi connectivity index (χ4n) is 2.29. The van der Waals surface area contributed by atoms with Gasteiger partial charge in [-0.15, -0.1) is 0 Å². The van der Waals surface area contributed by atoms with Crippen molar-refractivity contribution in [2.45, 2.75) is 40.7 Å². The summed E-state index contributed by atoms with van der Waals surface area (Å²) in [6.45, 7) is 11.9. The van der Waals surface area contributed by atoms with Crippen LogP contribution >= 0.6 is 0 Å². The summed E-state index contributed by atoms with van der Waals surface area (Å²) < 4.78 is 5.36. The fourth-order valence-corrected chi connectivity index (χ4v) is 2.29. The molecule has 0 spiro atoms. The molecular weight excluding hydrogens is 210 g/mol. The zero-order valence-corrected chi connectivity index (χ0v) is 11.9. The van der Waals surface area contributed by atoms with Crippen LogP contribution in [-0.4, -0.2) is 13.7 Å². The SMILES string of the molecule is CCNC(c1cc(C)c(OC)cc1C)C(C)C. The summed E-state index contributed by atoms with van der Waals surface area (Å²) >= 11 is 0. The van der Waals surface area contributed by atoms with Crippen LogP contribution in [0.5, 0.6) is 5.75 Å². The predicted molar refractivity (Wildman–Crippen MR) is 73.7 cm³/mol. The number of aryl methyl sites for hydroxylation is 2. The first-order chi connectivity index (χ1) is 8.01. The molecule has 0 aliphatic carbocycles. The molecule has 0 aromatic heterocycles. The second-order valence-corrected chi connectivity index (χ2v) is 4.96. The van der Waals surface area contributed by atoms with Gasteiger partial charge < -0.3 is 10.1 Å². The van der Waals surface area contributed by atoms with E-state index in [4.69, 9.17) is 4.74 Å². The summed E-state index contributed by atoms with van der Waals surface area (Å²) in [5.74, 6) is 1.56. The minimum Gasteiger partial charge on any atom is -0.496 e. The largest absolute Gasteiger partial charge is 0.496 e. The predicted octanol–water partition coefficient (Wildman–Crippen LogP) is 3.62. The van der Waals surface area contributed by atoms with Gasteiger partial charge in [0.15, 0.2) is 0 Å². The third-order valence-corrected chi connectivity index (χ3v) is 3.21. The van der Waals surface area contributed by atoms with Crippen LogP contribution in [0.2, 0.25) is 0 Å². The smallest absolute Gasteiger partial charge is 0.122 e. The van der Waals surface area contributed by atoms with E-state index in [0.29, 0.717) is 12.0 Å². The summed E-state index contributed by atoms with van der Waals surface area (Å²) in [5, 5.41) is 3.56. The van der Waals surface area contributed by atoms with Gasteiger partial charge in [0, 0.05) is 6.04 Å². The Morgan fingerprint density at radius 2 is 1.82 bits per heavy atom. The zero-order valence-electron chi connectivity index (χ0n) is 11.9. The minimum atomic E-state index is 0.421. The third kappa shape index (κ3) is 3.22. The first-order valence-corrected chi connectivity index (χ1v) is 6.39. The van der Waals surface area contributed by atoms with Gasteiger partial charge >= 0.3 is 0 Å². The van der Waals surface area contributed by atoms with Gasteiger partial charge in [-0.3, -0.25) is 0 Å². The topological polar surface area (TPSA) is 21.3 Å². The Labute approximate surface area is 105 Å². The molecule has 0 heterocycles. The van der Waals surface area contributed by atoms with E-state index in [1.807, 2.05) is 0 Å². The lowest BCUT2D eigenvalue weighted by Gasteiger charge is -2.25. The van der Waals surface area contributed by atoms with Crippen molar-refractivity contribution < 1.29 is 4.74 Å². The quantitative estimate of drug-likeness (QED) is 0.841. The normalized spacial score (nSPS) is 12.9. The number of hydrogen-bond donors (Lipinski definition) is 1. The lowest BCUT2D eigenvalue weighted by atomic mass is 9.91. The zero-order chi connectivity index (χ0) is 13.0. The van der Waals surface area contributed by atoms with Crippen molar-refractivity contribution in [1.29, 1.82) is 0 Å². The summed E-state index contributed by atoms with van der Waals surface area (Å²) in [5.41, 5.74) is 3.89. The molecule has 0 amide bonds. The van der Waals surface area contributed by atoms with Gasteiger partial charge in [-0.1, -0.05) is 26.8 Å². The molecule has 0 bridgehead atoms. The number of nitrogens with one attached hydrogen (secondary N) is 1. The maximum atomic E-state index is 5.36. The number of benzene rings is 1. The Bertz CT molecular complexity index is 371. The van der Waals surface area contributed by atoms with E-state index in [9.17, 15) is 0 Å². The van der Waals surface area contributed by atoms with Gasteiger partial charge in [0.2, 0.25) is 0 Å². The second-order valence-electron chi connectivity index (χ2n) is 4.96. The molecular formula is C15H25NO. The molecule has 1 rings (SSSR count). The summed E-state index contributed by atoms with van der Waals surface area (Å²) in [6.07, 6.45) is 0. The molecule has 0 saturated carbocycles. The van der Waals surface area contributed by atoms with E-state index in [0.717, 1.165) is 12.3 Å². The highest BCUT2D eigenvalue weighted by molar-refractivity contribution is 5.43. The van der Waals surface area contributed by atoms with E-state index in [1.165, 1.54) is 16.7 Å². The minimum absolute atomic E-state index is 0.421. The molecule has 96 valence electrons. The van der Waals surface area contributed by atoms with Crippen LogP contribution < -0.4 is 10.1 Å². The summed E-state index contributed by atoms with van der Waals surface area (Å²) in [6, 6.07) is 4.81. The van der Waals surface area contributed by atoms with Gasteiger partial charge in [-0.25, -0.2) is 0 Å². The molecule has 0 aliphatic rings. The highest BCUT2D eigenvalue weighted by Gasteiger charge is 2.17. The van der Waals surface area contributed by atoms with Gasteiger partial charge in [0.25, 0.3) is 0 Å². The van der Waals surface area contributed by atoms with Crippen LogP contribution in [0.3, 0.4) is 0 Å². The summed E-state index contributed by atoms with van der Waals surface area (Å²) in [7, 11) is 1.73. The van der Waals surface area contributed by atoms with Gasteiger partial charge in [0.05, 0.1) is 7.11 Å². The molecule has 0 radical (unpaired) electrons. The van der Waals surface area contributed by atoms with Crippen LogP contribution in [-0.2, 0) is 0 Å². The molecule has 2 nitrogen and oxygen atoms in total. The lowest BCUT2D eigenvalue weighted by molar-refractivity contribution is 0.405. The van der Waals surface area contributed by atoms with Crippen molar-refractivity contribution >= 4 is 0 Å². The first-order valence-electron chi connectivity index (χ1n) is 6.39. The summed E-state index contributed by atoms with van der Waals surface area (Å²) in [4.78, 5) is 0. The van der Waals surface area contributed by atoms with Gasteiger partial charge in [-0.05, 0) is 49.1 Å². The highest BCUT2D eigenvalue weighted by Crippen LogP contribution is 2.30. The standard InChI is InChI=1S/C15H25NO/c1-7-16-15(10(2)3)13-8-12(5)14(17-6)9-11(13)4/h8-10,15-16H,7H2,1-6H3. The lowest BCUT2D eigenvalue weighted by Crippen LogP contribution is -2.26. The molecule has 0 aliphatic heterocycles. The van der Waals surface area contributed by atoms with E-state index >= 15 is 0 Å². The van der Waals surface area contributed by atoms with E-state index in [1.54, 1.807) is 7.11 Å². The first kappa shape index (κ1) is 14.0. The molecule has 0 fully saturated rings. The van der Waals surface area contributed by atoms with E-state index in [2.05, 4.69) is 52.1 Å². The molecule has 17 heavy (non-hydrogen) atoms. The van der Waals surface area contributed by atoms with Crippen LogP contribution in [0.4, 0.5) is 0 Å². The maximum absolute atomic E-state index is 5.36. The van der Waals surface area contributed by atoms with Crippen molar-refractivity contribution in [1.82, 2.24) is 5.32 Å². The average molecular weight is 235 g/mol. The Morgan fingerprint density at radius 1 is 1.18 bits per heavy atom. The Morgan fingerprint density at radius 3 is 2.29 bits per heavy atom. The maximum Gasteiger partial charge on any atom is 0.122 e. The third-order valence-electron chi connectivity index (χ3n) is 3.21. The molecule has 1 aromatic carbocycles. The molecule has 2 heteroatoms. The van der Waals surface area contributed by atoms with Crippen LogP contribution in [0, 0.1) is 19.8 Å². The monoisotopic (exact) mass is 235 g/mol. The molecule has 1 atom stereocenters. The second kappa shape index (κ2) is 6.06. The van der Waals surface area contributed by atoms with Crippen LogP contribution in [0.1, 0.15) is 43.5 Å². The number of ether oxygens (including phenoxy) is 1. The molecule has 1 N–H and O–H groups in total. The van der Waals surface area contributed by atoms with Crippen molar-refractivity contribution in [2.24, 2.45) is 5.92 Å². The van der Waals surface area contributed by atoms with Crippen LogP contribution in [0.15, 0.2) is 12.1 Å². The highest BCUT2D eigenvalue weighted by atomic mass is 16.5. The fraction of sp³-hybridized carbons (Fsp3) is 0.600. The Balaban J connectivity index is 3.15. The average Bonchev–Trinajstić information content (AvgIpc) is 2.28. The Kier molecular flexibility index (Phi) is 5.01. The van der Waals surface area contributed by atoms with Gasteiger partial charge in [-0.2, -0.15) is 0 Å². The van der Waals surface area contributed by atoms with Crippen LogP contribution in [0.25, 0.3) is 0 Å². The van der Waals surface area contributed by atoms with Gasteiger partial charge in [0.1, 0.15) is 5.75 Å². The van der Waals surface area contributed by atoms with Crippen molar-refractivity contribution in [3.8, 4) is 5.75 Å². The van der Waals surface area contributed by atoms with Crippen molar-refractivity contribution in [2.75, 3.05) is 13.7 Å². The molecule has 1 aromatic rings. The number of methoxy groups -OCH3 is 1.